The van der Waals surface area contributed by atoms with Crippen LogP contribution in [0.4, 0.5) is 5.82 Å². The van der Waals surface area contributed by atoms with E-state index in [2.05, 4.69) is 45.6 Å². The zero-order valence-corrected chi connectivity index (χ0v) is 16.2. The van der Waals surface area contributed by atoms with Crippen LogP contribution in [0.2, 0.25) is 0 Å². The predicted molar refractivity (Wildman–Crippen MR) is 101 cm³/mol. The van der Waals surface area contributed by atoms with Gasteiger partial charge in [-0.1, -0.05) is 0 Å². The Morgan fingerprint density at radius 1 is 1.28 bits per heavy atom. The van der Waals surface area contributed by atoms with Crippen LogP contribution in [0.25, 0.3) is 0 Å². The summed E-state index contributed by atoms with van der Waals surface area (Å²) in [6.45, 7) is 12.6. The molecule has 6 heteroatoms. The average Bonchev–Trinajstić information content (AvgIpc) is 2.75. The maximum absolute atomic E-state index is 9.20. The smallest absolute Gasteiger partial charge is 0.399 e. The van der Waals surface area contributed by atoms with E-state index in [1.807, 2.05) is 6.20 Å². The van der Waals surface area contributed by atoms with Gasteiger partial charge in [-0.3, -0.25) is 0 Å². The summed E-state index contributed by atoms with van der Waals surface area (Å²) in [6, 6.07) is 2.14. The first-order valence-corrected chi connectivity index (χ1v) is 9.41. The van der Waals surface area contributed by atoms with Crippen LogP contribution >= 0.6 is 0 Å². The molecule has 0 aromatic carbocycles. The van der Waals surface area contributed by atoms with E-state index in [0.29, 0.717) is 5.92 Å². The number of aryl methyl sites for hydroxylation is 1. The number of anilines is 1. The molecular formula is C19H31BN2O3. The highest BCUT2D eigenvalue weighted by atomic mass is 16.7. The van der Waals surface area contributed by atoms with Crippen molar-refractivity contribution in [3.8, 4) is 0 Å². The normalized spacial score (nSPS) is 25.4. The zero-order valence-electron chi connectivity index (χ0n) is 16.2. The first kappa shape index (κ1) is 18.7. The summed E-state index contributed by atoms with van der Waals surface area (Å²) in [6.07, 6.45) is 5.14. The van der Waals surface area contributed by atoms with Gasteiger partial charge in [-0.05, 0) is 71.4 Å². The lowest BCUT2D eigenvalue weighted by molar-refractivity contribution is 0.00578. The fourth-order valence-corrected chi connectivity index (χ4v) is 3.63. The fourth-order valence-electron chi connectivity index (χ4n) is 3.63. The van der Waals surface area contributed by atoms with Crippen LogP contribution < -0.4 is 10.4 Å². The molecule has 0 saturated carbocycles. The Hall–Kier alpha value is -1.11. The molecule has 2 aliphatic rings. The molecule has 2 aliphatic heterocycles. The Bertz CT molecular complexity index is 603. The van der Waals surface area contributed by atoms with Crippen molar-refractivity contribution in [2.45, 2.75) is 65.1 Å². The molecule has 3 rings (SSSR count). The van der Waals surface area contributed by atoms with Gasteiger partial charge in [-0.2, -0.15) is 0 Å². The highest BCUT2D eigenvalue weighted by Gasteiger charge is 2.52. The fraction of sp³-hybridized carbons (Fsp3) is 0.737. The quantitative estimate of drug-likeness (QED) is 0.848. The molecule has 0 aliphatic carbocycles. The Morgan fingerprint density at radius 2 is 1.96 bits per heavy atom. The number of rotatable bonds is 4. The molecule has 0 bridgehead atoms. The molecule has 138 valence electrons. The van der Waals surface area contributed by atoms with Crippen LogP contribution in [0.15, 0.2) is 12.3 Å². The zero-order chi connectivity index (χ0) is 18.2. The SMILES string of the molecule is Cc1cc(N2CCC[C@H](CCO)C2)ncc1B1OC(C)(C)C(C)(C)O1. The lowest BCUT2D eigenvalue weighted by Crippen LogP contribution is -2.41. The molecule has 0 spiro atoms. The van der Waals surface area contributed by atoms with Gasteiger partial charge in [0.15, 0.2) is 0 Å². The van der Waals surface area contributed by atoms with E-state index in [9.17, 15) is 5.11 Å². The molecule has 0 amide bonds. The molecule has 1 atom stereocenters. The maximum Gasteiger partial charge on any atom is 0.496 e. The number of aliphatic hydroxyl groups excluding tert-OH is 1. The minimum Gasteiger partial charge on any atom is -0.399 e. The molecular weight excluding hydrogens is 315 g/mol. The first-order valence-electron chi connectivity index (χ1n) is 9.41. The summed E-state index contributed by atoms with van der Waals surface area (Å²) in [4.78, 5) is 7.04. The Labute approximate surface area is 151 Å². The number of piperidine rings is 1. The second-order valence-corrected chi connectivity index (χ2v) is 8.45. The summed E-state index contributed by atoms with van der Waals surface area (Å²) in [5.41, 5.74) is 1.47. The average molecular weight is 346 g/mol. The topological polar surface area (TPSA) is 54.8 Å². The number of nitrogens with zero attached hydrogens (tertiary/aromatic N) is 2. The molecule has 1 aromatic rings. The maximum atomic E-state index is 9.20. The first-order chi connectivity index (χ1) is 11.7. The molecule has 1 N–H and O–H groups in total. The summed E-state index contributed by atoms with van der Waals surface area (Å²) in [7, 11) is -0.366. The molecule has 0 unspecified atom stereocenters. The molecule has 3 heterocycles. The molecule has 0 radical (unpaired) electrons. The van der Waals surface area contributed by atoms with Crippen molar-refractivity contribution >= 4 is 18.4 Å². The Kier molecular flexibility index (Phi) is 5.15. The van der Waals surface area contributed by atoms with Crippen LogP contribution in [-0.2, 0) is 9.31 Å². The molecule has 2 fully saturated rings. The summed E-state index contributed by atoms with van der Waals surface area (Å²) in [5, 5.41) is 9.20. The van der Waals surface area contributed by atoms with Crippen LogP contribution in [0, 0.1) is 12.8 Å². The number of aromatic nitrogens is 1. The molecule has 2 saturated heterocycles. The highest BCUT2D eigenvalue weighted by molar-refractivity contribution is 6.62. The van der Waals surface area contributed by atoms with E-state index in [0.717, 1.165) is 42.8 Å². The summed E-state index contributed by atoms with van der Waals surface area (Å²) >= 11 is 0. The third kappa shape index (κ3) is 3.71. The van der Waals surface area contributed by atoms with Crippen molar-refractivity contribution in [3.05, 3.63) is 17.8 Å². The van der Waals surface area contributed by atoms with Crippen molar-refractivity contribution in [2.24, 2.45) is 5.92 Å². The van der Waals surface area contributed by atoms with Gasteiger partial charge in [0, 0.05) is 31.4 Å². The van der Waals surface area contributed by atoms with Crippen molar-refractivity contribution in [3.63, 3.8) is 0 Å². The highest BCUT2D eigenvalue weighted by Crippen LogP contribution is 2.36. The number of hydrogen-bond acceptors (Lipinski definition) is 5. The van der Waals surface area contributed by atoms with Gasteiger partial charge in [-0.15, -0.1) is 0 Å². The van der Waals surface area contributed by atoms with Crippen molar-refractivity contribution in [2.75, 3.05) is 24.6 Å². The van der Waals surface area contributed by atoms with Gasteiger partial charge in [0.1, 0.15) is 5.82 Å². The van der Waals surface area contributed by atoms with E-state index in [1.54, 1.807) is 0 Å². The lowest BCUT2D eigenvalue weighted by atomic mass is 9.77. The van der Waals surface area contributed by atoms with Crippen molar-refractivity contribution in [1.82, 2.24) is 4.98 Å². The van der Waals surface area contributed by atoms with Crippen LogP contribution in [-0.4, -0.2) is 48.1 Å². The van der Waals surface area contributed by atoms with E-state index in [4.69, 9.17) is 14.3 Å². The van der Waals surface area contributed by atoms with E-state index in [1.165, 1.54) is 6.42 Å². The van der Waals surface area contributed by atoms with Gasteiger partial charge >= 0.3 is 7.12 Å². The summed E-state index contributed by atoms with van der Waals surface area (Å²) < 4.78 is 12.3. The standard InChI is InChI=1S/C19H31BN2O3/c1-14-11-17(22-9-6-7-15(13-22)8-10-23)21-12-16(14)20-24-18(2,3)19(4,5)25-20/h11-12,15,23H,6-10,13H2,1-5H3/t15-/m1/s1. The molecule has 5 nitrogen and oxygen atoms in total. The predicted octanol–water partition coefficient (Wildman–Crippen LogP) is 2.29. The lowest BCUT2D eigenvalue weighted by Gasteiger charge is -2.33. The van der Waals surface area contributed by atoms with Crippen LogP contribution in [0.5, 0.6) is 0 Å². The van der Waals surface area contributed by atoms with Gasteiger partial charge in [-0.25, -0.2) is 4.98 Å². The third-order valence-electron chi connectivity index (χ3n) is 6.02. The Balaban J connectivity index is 1.76. The Morgan fingerprint density at radius 3 is 2.56 bits per heavy atom. The largest absolute Gasteiger partial charge is 0.496 e. The minimum absolute atomic E-state index is 0.270. The monoisotopic (exact) mass is 346 g/mol. The second-order valence-electron chi connectivity index (χ2n) is 8.45. The van der Waals surface area contributed by atoms with E-state index < -0.39 is 0 Å². The second kappa shape index (κ2) is 6.90. The van der Waals surface area contributed by atoms with Gasteiger partial charge in [0.25, 0.3) is 0 Å². The van der Waals surface area contributed by atoms with Gasteiger partial charge in [0.05, 0.1) is 11.2 Å². The number of aliphatic hydroxyl groups is 1. The van der Waals surface area contributed by atoms with Gasteiger partial charge in [0.2, 0.25) is 0 Å². The van der Waals surface area contributed by atoms with Gasteiger partial charge < -0.3 is 19.3 Å². The van der Waals surface area contributed by atoms with Crippen LogP contribution in [0.3, 0.4) is 0 Å². The number of pyridine rings is 1. The summed E-state index contributed by atoms with van der Waals surface area (Å²) in [5.74, 6) is 1.57. The molecule has 25 heavy (non-hydrogen) atoms. The van der Waals surface area contributed by atoms with Crippen molar-refractivity contribution in [1.29, 1.82) is 0 Å². The van der Waals surface area contributed by atoms with Crippen molar-refractivity contribution < 1.29 is 14.4 Å². The third-order valence-corrected chi connectivity index (χ3v) is 6.02. The van der Waals surface area contributed by atoms with E-state index >= 15 is 0 Å². The van der Waals surface area contributed by atoms with E-state index in [-0.39, 0.29) is 24.9 Å². The molecule has 1 aromatic heterocycles. The minimum atomic E-state index is -0.366. The van der Waals surface area contributed by atoms with Crippen LogP contribution in [0.1, 0.15) is 52.5 Å². The number of hydrogen-bond donors (Lipinski definition) is 1.